The Kier molecular flexibility index (Phi) is 6.76. The second kappa shape index (κ2) is 8.74. The van der Waals surface area contributed by atoms with Crippen molar-refractivity contribution < 1.29 is 41.0 Å². The largest absolute Gasteiger partial charge is 0.416 e. The summed E-state index contributed by atoms with van der Waals surface area (Å²) >= 11 is 0. The van der Waals surface area contributed by atoms with Gasteiger partial charge in [0.2, 0.25) is 5.91 Å². The predicted octanol–water partition coefficient (Wildman–Crippen LogP) is 2.97. The van der Waals surface area contributed by atoms with Crippen LogP contribution in [0.5, 0.6) is 0 Å². The summed E-state index contributed by atoms with van der Waals surface area (Å²) in [6.07, 6.45) is -11.9. The lowest BCUT2D eigenvalue weighted by Gasteiger charge is -2.20. The molecule has 0 aliphatic rings. The fourth-order valence-corrected chi connectivity index (χ4v) is 2.67. The molecule has 30 heavy (non-hydrogen) atoms. The van der Waals surface area contributed by atoms with Gasteiger partial charge >= 0.3 is 12.4 Å². The summed E-state index contributed by atoms with van der Waals surface area (Å²) in [6.45, 7) is 0. The zero-order chi connectivity index (χ0) is 22.7. The van der Waals surface area contributed by atoms with Crippen molar-refractivity contribution in [2.75, 3.05) is 0 Å². The topological polar surface area (TPSA) is 92.4 Å². The maximum Gasteiger partial charge on any atom is 0.416 e. The minimum absolute atomic E-state index is 0.209. The minimum Gasteiger partial charge on any atom is -0.378 e. The van der Waals surface area contributed by atoms with Crippen LogP contribution in [0.3, 0.4) is 0 Å². The molecule has 2 aromatic carbocycles. The van der Waals surface area contributed by atoms with Crippen molar-refractivity contribution in [1.82, 2.24) is 5.32 Å². The monoisotopic (exact) mass is 434 g/mol. The summed E-state index contributed by atoms with van der Waals surface area (Å²) in [5.74, 6) is -2.36. The Hall–Kier alpha value is -3.08. The van der Waals surface area contributed by atoms with Crippen LogP contribution in [0.2, 0.25) is 0 Å². The van der Waals surface area contributed by atoms with Gasteiger partial charge in [-0.2, -0.15) is 26.3 Å². The first-order chi connectivity index (χ1) is 13.8. The number of halogens is 6. The zero-order valence-electron chi connectivity index (χ0n) is 15.1. The number of nitrogens with one attached hydrogen (secondary N) is 1. The summed E-state index contributed by atoms with van der Waals surface area (Å²) in [5.41, 5.74) is 2.62. The lowest BCUT2D eigenvalue weighted by Crippen LogP contribution is -2.47. The van der Waals surface area contributed by atoms with Crippen molar-refractivity contribution in [1.29, 1.82) is 0 Å². The zero-order valence-corrected chi connectivity index (χ0v) is 15.1. The first kappa shape index (κ1) is 23.2. The van der Waals surface area contributed by atoms with E-state index in [1.54, 1.807) is 0 Å². The number of aliphatic hydroxyl groups is 1. The van der Waals surface area contributed by atoms with E-state index in [1.807, 2.05) is 5.32 Å². The van der Waals surface area contributed by atoms with E-state index in [4.69, 9.17) is 5.73 Å². The van der Waals surface area contributed by atoms with Crippen LogP contribution >= 0.6 is 0 Å². The van der Waals surface area contributed by atoms with E-state index >= 15 is 0 Å². The Morgan fingerprint density at radius 1 is 0.933 bits per heavy atom. The van der Waals surface area contributed by atoms with Gasteiger partial charge < -0.3 is 16.2 Å². The molecule has 0 saturated heterocycles. The number of amides is 2. The van der Waals surface area contributed by atoms with Gasteiger partial charge in [0.1, 0.15) is 6.04 Å². The van der Waals surface area contributed by atoms with Crippen LogP contribution < -0.4 is 11.1 Å². The predicted molar refractivity (Wildman–Crippen MR) is 92.7 cm³/mol. The smallest absolute Gasteiger partial charge is 0.378 e. The van der Waals surface area contributed by atoms with Crippen molar-refractivity contribution in [3.05, 3.63) is 70.8 Å². The summed E-state index contributed by atoms with van der Waals surface area (Å²) in [7, 11) is 0. The molecule has 162 valence electrons. The van der Waals surface area contributed by atoms with Crippen LogP contribution in [-0.2, 0) is 28.4 Å². The van der Waals surface area contributed by atoms with Crippen LogP contribution in [-0.4, -0.2) is 23.0 Å². The fourth-order valence-electron chi connectivity index (χ4n) is 2.67. The SMILES string of the molecule is NC(=O)[C@@H](Cc1ccccc1C(F)(F)F)NC(=O)[C@@H](O)c1ccc(C(F)(F)F)cc1. The Morgan fingerprint density at radius 3 is 2.00 bits per heavy atom. The van der Waals surface area contributed by atoms with Crippen molar-refractivity contribution in [2.45, 2.75) is 30.9 Å². The fraction of sp³-hybridized carbons (Fsp3) is 0.263. The maximum atomic E-state index is 13.1. The number of hydrogen-bond acceptors (Lipinski definition) is 3. The molecule has 0 saturated carbocycles. The number of hydrogen-bond donors (Lipinski definition) is 3. The van der Waals surface area contributed by atoms with Gasteiger partial charge in [-0.25, -0.2) is 0 Å². The van der Waals surface area contributed by atoms with Crippen LogP contribution in [0.15, 0.2) is 48.5 Å². The summed E-state index contributed by atoms with van der Waals surface area (Å²) in [6, 6.07) is 5.80. The third-order valence-electron chi connectivity index (χ3n) is 4.21. The third kappa shape index (κ3) is 5.72. The van der Waals surface area contributed by atoms with E-state index in [1.165, 1.54) is 6.07 Å². The Morgan fingerprint density at radius 2 is 1.50 bits per heavy atom. The van der Waals surface area contributed by atoms with E-state index in [0.717, 1.165) is 30.3 Å². The van der Waals surface area contributed by atoms with Gasteiger partial charge in [0.15, 0.2) is 6.10 Å². The van der Waals surface area contributed by atoms with Gasteiger partial charge in [-0.3, -0.25) is 9.59 Å². The number of rotatable bonds is 6. The number of carbonyl (C=O) groups is 2. The van der Waals surface area contributed by atoms with E-state index in [2.05, 4.69) is 0 Å². The second-order valence-corrected chi connectivity index (χ2v) is 6.34. The third-order valence-corrected chi connectivity index (χ3v) is 4.21. The molecule has 0 unspecified atom stereocenters. The molecule has 2 amide bonds. The molecule has 0 bridgehead atoms. The first-order valence-corrected chi connectivity index (χ1v) is 8.40. The quantitative estimate of drug-likeness (QED) is 0.611. The molecule has 5 nitrogen and oxygen atoms in total. The van der Waals surface area contributed by atoms with Crippen LogP contribution in [0.4, 0.5) is 26.3 Å². The maximum absolute atomic E-state index is 13.1. The minimum atomic E-state index is -4.71. The molecule has 0 aromatic heterocycles. The highest BCUT2D eigenvalue weighted by molar-refractivity contribution is 5.89. The van der Waals surface area contributed by atoms with Crippen LogP contribution in [0, 0.1) is 0 Å². The molecule has 2 aromatic rings. The van der Waals surface area contributed by atoms with Crippen molar-refractivity contribution in [2.24, 2.45) is 5.73 Å². The van der Waals surface area contributed by atoms with Gasteiger partial charge in [-0.15, -0.1) is 0 Å². The number of benzene rings is 2. The molecule has 0 fully saturated rings. The molecule has 0 spiro atoms. The Bertz CT molecular complexity index is 910. The average Bonchev–Trinajstić information content (AvgIpc) is 2.65. The number of primary amides is 1. The highest BCUT2D eigenvalue weighted by atomic mass is 19.4. The lowest BCUT2D eigenvalue weighted by atomic mass is 9.99. The molecule has 2 atom stereocenters. The van der Waals surface area contributed by atoms with Gasteiger partial charge in [-0.05, 0) is 29.3 Å². The molecular formula is C19H16F6N2O3. The standard InChI is InChI=1S/C19H16F6N2O3/c20-18(21,22)12-7-5-10(6-8-12)15(28)17(30)27-14(16(26)29)9-11-3-1-2-4-13(11)19(23,24)25/h1-8,14-15,28H,9H2,(H2,26,29)(H,27,30)/t14-,15+/m1/s1. The lowest BCUT2D eigenvalue weighted by molar-refractivity contribution is -0.139. The highest BCUT2D eigenvalue weighted by Crippen LogP contribution is 2.32. The summed E-state index contributed by atoms with van der Waals surface area (Å²) in [5, 5.41) is 12.1. The van der Waals surface area contributed by atoms with Gasteiger partial charge in [0.25, 0.3) is 5.91 Å². The summed E-state index contributed by atoms with van der Waals surface area (Å²) < 4.78 is 77.1. The van der Waals surface area contributed by atoms with Gasteiger partial charge in [0.05, 0.1) is 11.1 Å². The van der Waals surface area contributed by atoms with E-state index in [0.29, 0.717) is 12.1 Å². The number of alkyl halides is 6. The second-order valence-electron chi connectivity index (χ2n) is 6.34. The van der Waals surface area contributed by atoms with E-state index in [-0.39, 0.29) is 11.1 Å². The highest BCUT2D eigenvalue weighted by Gasteiger charge is 2.35. The van der Waals surface area contributed by atoms with Crippen LogP contribution in [0.25, 0.3) is 0 Å². The van der Waals surface area contributed by atoms with Crippen molar-refractivity contribution in [3.8, 4) is 0 Å². The van der Waals surface area contributed by atoms with Crippen LogP contribution in [0.1, 0.15) is 28.4 Å². The number of aliphatic hydroxyl groups excluding tert-OH is 1. The molecule has 0 aliphatic carbocycles. The summed E-state index contributed by atoms with van der Waals surface area (Å²) in [4.78, 5) is 23.8. The molecule has 4 N–H and O–H groups in total. The molecule has 0 aliphatic heterocycles. The van der Waals surface area contributed by atoms with Gasteiger partial charge in [0, 0.05) is 6.42 Å². The van der Waals surface area contributed by atoms with E-state index in [9.17, 15) is 41.0 Å². The van der Waals surface area contributed by atoms with Gasteiger partial charge in [-0.1, -0.05) is 30.3 Å². The molecule has 2 rings (SSSR count). The molecule has 0 radical (unpaired) electrons. The molecular weight excluding hydrogens is 418 g/mol. The van der Waals surface area contributed by atoms with Crippen molar-refractivity contribution >= 4 is 11.8 Å². The normalized spacial score (nSPS) is 14.1. The first-order valence-electron chi connectivity index (χ1n) is 8.40. The van der Waals surface area contributed by atoms with Crippen molar-refractivity contribution in [3.63, 3.8) is 0 Å². The van der Waals surface area contributed by atoms with E-state index < -0.39 is 53.9 Å². The number of carbonyl (C=O) groups excluding carboxylic acids is 2. The average molecular weight is 434 g/mol. The molecule has 11 heteroatoms. The molecule has 0 heterocycles. The Labute approximate surface area is 166 Å². The number of nitrogens with two attached hydrogens (primary N) is 1. The Balaban J connectivity index is 2.17.